The minimum Gasteiger partial charge on any atom is -0.465 e. The minimum atomic E-state index is -0.316. The number of carbonyl (C=O) groups excluding carboxylic acids is 1. The van der Waals surface area contributed by atoms with Crippen molar-refractivity contribution in [3.8, 4) is 0 Å². The van der Waals surface area contributed by atoms with E-state index in [1.807, 2.05) is 0 Å². The maximum Gasteiger partial charge on any atom is 0.325 e. The summed E-state index contributed by atoms with van der Waals surface area (Å²) in [6.07, 6.45) is 0. The highest BCUT2D eigenvalue weighted by molar-refractivity contribution is 7.80. The van der Waals surface area contributed by atoms with Crippen LogP contribution >= 0.6 is 12.2 Å². The standard InChI is InChI=1S/C8H16N2O3S/c1-3-13-7(11)6-10-8(14)9-4-5-12-2/h3-6H2,1-2H3,(H2,9,10,14). The molecule has 6 heteroatoms. The number of methoxy groups -OCH3 is 1. The Kier molecular flexibility index (Phi) is 8.16. The molecule has 0 unspecified atom stereocenters. The fourth-order valence-corrected chi connectivity index (χ4v) is 0.868. The largest absolute Gasteiger partial charge is 0.465 e. The Morgan fingerprint density at radius 2 is 2.14 bits per heavy atom. The van der Waals surface area contributed by atoms with E-state index in [1.165, 1.54) is 0 Å². The van der Waals surface area contributed by atoms with E-state index in [4.69, 9.17) is 21.7 Å². The summed E-state index contributed by atoms with van der Waals surface area (Å²) in [5, 5.41) is 6.01. The van der Waals surface area contributed by atoms with Crippen molar-refractivity contribution in [2.24, 2.45) is 0 Å². The van der Waals surface area contributed by atoms with Gasteiger partial charge in [0, 0.05) is 13.7 Å². The molecule has 0 aliphatic rings. The Balaban J connectivity index is 3.39. The van der Waals surface area contributed by atoms with Crippen LogP contribution in [0.4, 0.5) is 0 Å². The normalized spacial score (nSPS) is 9.29. The molecule has 2 N–H and O–H groups in total. The first-order chi connectivity index (χ1) is 6.70. The second-order valence-corrected chi connectivity index (χ2v) is 2.82. The summed E-state index contributed by atoms with van der Waals surface area (Å²) in [7, 11) is 1.61. The average Bonchev–Trinajstić information content (AvgIpc) is 2.16. The molecule has 0 aromatic carbocycles. The maximum absolute atomic E-state index is 10.9. The van der Waals surface area contributed by atoms with Crippen LogP contribution < -0.4 is 10.6 Å². The lowest BCUT2D eigenvalue weighted by atomic mass is 10.6. The predicted octanol–water partition coefficient (Wildman–Crippen LogP) is -0.340. The molecular formula is C8H16N2O3S. The van der Waals surface area contributed by atoms with Gasteiger partial charge in [0.25, 0.3) is 0 Å². The first-order valence-corrected chi connectivity index (χ1v) is 4.77. The molecule has 0 rings (SSSR count). The van der Waals surface area contributed by atoms with E-state index in [-0.39, 0.29) is 12.5 Å². The third-order valence-corrected chi connectivity index (χ3v) is 1.58. The van der Waals surface area contributed by atoms with Gasteiger partial charge >= 0.3 is 5.97 Å². The molecule has 5 nitrogen and oxygen atoms in total. The molecule has 14 heavy (non-hydrogen) atoms. The van der Waals surface area contributed by atoms with Gasteiger partial charge in [0.1, 0.15) is 6.54 Å². The predicted molar refractivity (Wildman–Crippen MR) is 57.1 cm³/mol. The van der Waals surface area contributed by atoms with Crippen molar-refractivity contribution in [2.75, 3.05) is 33.4 Å². The topological polar surface area (TPSA) is 59.6 Å². The van der Waals surface area contributed by atoms with Crippen molar-refractivity contribution < 1.29 is 14.3 Å². The highest BCUT2D eigenvalue weighted by atomic mass is 32.1. The highest BCUT2D eigenvalue weighted by Gasteiger charge is 2.01. The van der Waals surface area contributed by atoms with Crippen LogP contribution in [0, 0.1) is 0 Å². The molecule has 0 aliphatic carbocycles. The van der Waals surface area contributed by atoms with Crippen LogP contribution in [0.15, 0.2) is 0 Å². The Morgan fingerprint density at radius 1 is 1.43 bits per heavy atom. The van der Waals surface area contributed by atoms with Gasteiger partial charge in [-0.05, 0) is 19.1 Å². The molecule has 0 aromatic rings. The number of rotatable bonds is 6. The zero-order valence-electron chi connectivity index (χ0n) is 8.46. The van der Waals surface area contributed by atoms with Gasteiger partial charge in [-0.2, -0.15) is 0 Å². The van der Waals surface area contributed by atoms with Gasteiger partial charge in [-0.1, -0.05) is 0 Å². The van der Waals surface area contributed by atoms with Gasteiger partial charge in [-0.3, -0.25) is 4.79 Å². The van der Waals surface area contributed by atoms with E-state index in [0.717, 1.165) is 0 Å². The first kappa shape index (κ1) is 13.1. The lowest BCUT2D eigenvalue weighted by Gasteiger charge is -2.09. The summed E-state index contributed by atoms with van der Waals surface area (Å²) in [6.45, 7) is 3.41. The molecule has 82 valence electrons. The van der Waals surface area contributed by atoms with E-state index >= 15 is 0 Å². The Morgan fingerprint density at radius 3 is 2.71 bits per heavy atom. The smallest absolute Gasteiger partial charge is 0.325 e. The first-order valence-electron chi connectivity index (χ1n) is 4.37. The lowest BCUT2D eigenvalue weighted by Crippen LogP contribution is -2.39. The van der Waals surface area contributed by atoms with Crippen molar-refractivity contribution >= 4 is 23.3 Å². The number of nitrogens with one attached hydrogen (secondary N) is 2. The zero-order valence-corrected chi connectivity index (χ0v) is 9.28. The van der Waals surface area contributed by atoms with Crippen molar-refractivity contribution in [2.45, 2.75) is 6.92 Å². The Labute approximate surface area is 89.1 Å². The van der Waals surface area contributed by atoms with Crippen LogP contribution in [-0.4, -0.2) is 44.5 Å². The fourth-order valence-electron chi connectivity index (χ4n) is 0.694. The molecule has 0 saturated carbocycles. The third-order valence-electron chi connectivity index (χ3n) is 1.29. The molecule has 0 heterocycles. The number of ether oxygens (including phenoxy) is 2. The summed E-state index contributed by atoms with van der Waals surface area (Å²) in [6, 6.07) is 0. The summed E-state index contributed by atoms with van der Waals surface area (Å²) in [5.41, 5.74) is 0. The van der Waals surface area contributed by atoms with Gasteiger partial charge < -0.3 is 20.1 Å². The van der Waals surface area contributed by atoms with Crippen LogP contribution in [0.2, 0.25) is 0 Å². The van der Waals surface area contributed by atoms with Crippen LogP contribution in [0.1, 0.15) is 6.92 Å². The molecule has 0 amide bonds. The molecule has 0 fully saturated rings. The fraction of sp³-hybridized carbons (Fsp3) is 0.750. The quantitative estimate of drug-likeness (QED) is 0.363. The van der Waals surface area contributed by atoms with Gasteiger partial charge in [0.2, 0.25) is 0 Å². The van der Waals surface area contributed by atoms with Gasteiger partial charge in [0.15, 0.2) is 5.11 Å². The number of hydrogen-bond acceptors (Lipinski definition) is 4. The molecule has 0 aromatic heterocycles. The third kappa shape index (κ3) is 7.75. The Bertz CT molecular complexity index is 187. The van der Waals surface area contributed by atoms with Crippen LogP contribution in [0.5, 0.6) is 0 Å². The molecule has 0 radical (unpaired) electrons. The average molecular weight is 220 g/mol. The maximum atomic E-state index is 10.9. The van der Waals surface area contributed by atoms with Crippen molar-refractivity contribution in [3.05, 3.63) is 0 Å². The van der Waals surface area contributed by atoms with Crippen molar-refractivity contribution in [1.82, 2.24) is 10.6 Å². The summed E-state index contributed by atoms with van der Waals surface area (Å²) >= 11 is 4.88. The SMILES string of the molecule is CCOC(=O)CNC(=S)NCCOC. The Hall–Kier alpha value is -0.880. The second kappa shape index (κ2) is 8.71. The van der Waals surface area contributed by atoms with E-state index in [9.17, 15) is 4.79 Å². The van der Waals surface area contributed by atoms with Crippen LogP contribution in [0.25, 0.3) is 0 Å². The number of hydrogen-bond donors (Lipinski definition) is 2. The number of thiocarbonyl (C=S) groups is 1. The van der Waals surface area contributed by atoms with E-state index in [2.05, 4.69) is 10.6 Å². The monoisotopic (exact) mass is 220 g/mol. The molecule has 0 bridgehead atoms. The van der Waals surface area contributed by atoms with Gasteiger partial charge in [-0.25, -0.2) is 0 Å². The zero-order chi connectivity index (χ0) is 10.8. The summed E-state index contributed by atoms with van der Waals surface area (Å²) in [4.78, 5) is 10.9. The van der Waals surface area contributed by atoms with Crippen molar-refractivity contribution in [1.29, 1.82) is 0 Å². The van der Waals surface area contributed by atoms with Crippen molar-refractivity contribution in [3.63, 3.8) is 0 Å². The molecule has 0 spiro atoms. The number of carbonyl (C=O) groups is 1. The van der Waals surface area contributed by atoms with Crippen LogP contribution in [-0.2, 0) is 14.3 Å². The lowest BCUT2D eigenvalue weighted by molar-refractivity contribution is -0.141. The summed E-state index contributed by atoms with van der Waals surface area (Å²) in [5.74, 6) is -0.316. The summed E-state index contributed by atoms with van der Waals surface area (Å²) < 4.78 is 9.52. The van der Waals surface area contributed by atoms with E-state index < -0.39 is 0 Å². The van der Waals surface area contributed by atoms with Gasteiger partial charge in [-0.15, -0.1) is 0 Å². The van der Waals surface area contributed by atoms with E-state index in [0.29, 0.717) is 24.9 Å². The van der Waals surface area contributed by atoms with E-state index in [1.54, 1.807) is 14.0 Å². The van der Waals surface area contributed by atoms with Crippen LogP contribution in [0.3, 0.4) is 0 Å². The minimum absolute atomic E-state index is 0.0899. The molecule has 0 aliphatic heterocycles. The highest BCUT2D eigenvalue weighted by Crippen LogP contribution is 1.75. The van der Waals surface area contributed by atoms with Gasteiger partial charge in [0.05, 0.1) is 13.2 Å². The molecule has 0 atom stereocenters. The molecule has 0 saturated heterocycles. The molecular weight excluding hydrogens is 204 g/mol. The number of esters is 1. The second-order valence-electron chi connectivity index (χ2n) is 2.41.